The number of hydrogen-bond acceptors (Lipinski definition) is 24. The average molecular weight is 1470 g/mol. The SMILES string of the molecule is COC(=O)[C@H](Cc1cc(CC(=O)OCc2ccccc2)cc(C[C@H](NC(=O)Cc2cc(C[C@H](NC(=O)OC(C)(C)C)C(=O)OC)cc(C[C@H](NC(=O)OC(C)(C)C)C(=O)OC)c2)C(=O)OC)c1)NC(=O)Cc1cc(C[C@H](NC(=O)OC(C)(C)C)C(=O)OC)cc(C[C@H](NC(=O)OC(C)(C)C)C(=O)OC)c1. The zero-order valence-electron chi connectivity index (χ0n) is 62.9. The van der Waals surface area contributed by atoms with Crippen LogP contribution in [0, 0.1) is 0 Å². The van der Waals surface area contributed by atoms with Gasteiger partial charge in [-0.15, -0.1) is 0 Å². The predicted octanol–water partition coefficient (Wildman–Crippen LogP) is 6.29. The van der Waals surface area contributed by atoms with Gasteiger partial charge in [0.15, 0.2) is 0 Å². The number of carbonyl (C=O) groups excluding carboxylic acids is 13. The van der Waals surface area contributed by atoms with Crippen LogP contribution >= 0.6 is 0 Å². The Kier molecular flexibility index (Phi) is 32.8. The molecular formula is C75H100N6O24. The summed E-state index contributed by atoms with van der Waals surface area (Å²) in [4.78, 5) is 175. The Morgan fingerprint density at radius 1 is 0.286 bits per heavy atom. The van der Waals surface area contributed by atoms with Crippen LogP contribution in [0.15, 0.2) is 84.9 Å². The van der Waals surface area contributed by atoms with Crippen molar-refractivity contribution in [2.45, 2.75) is 206 Å². The van der Waals surface area contributed by atoms with Crippen LogP contribution in [0.3, 0.4) is 0 Å². The van der Waals surface area contributed by atoms with Crippen molar-refractivity contribution < 1.29 is 114 Å². The van der Waals surface area contributed by atoms with E-state index in [1.54, 1.807) is 168 Å². The molecule has 0 aromatic heterocycles. The van der Waals surface area contributed by atoms with E-state index in [9.17, 15) is 62.3 Å². The maximum atomic E-state index is 14.4. The zero-order valence-corrected chi connectivity index (χ0v) is 62.9. The van der Waals surface area contributed by atoms with E-state index >= 15 is 0 Å². The van der Waals surface area contributed by atoms with Crippen LogP contribution in [0.4, 0.5) is 19.2 Å². The fourth-order valence-corrected chi connectivity index (χ4v) is 10.6. The van der Waals surface area contributed by atoms with E-state index in [1.165, 1.54) is 0 Å². The molecule has 0 aliphatic carbocycles. The Bertz CT molecular complexity index is 3390. The number of carbonyl (C=O) groups is 13. The molecule has 0 aliphatic rings. The van der Waals surface area contributed by atoms with Gasteiger partial charge in [-0.05, 0) is 139 Å². The molecule has 0 spiro atoms. The Morgan fingerprint density at radius 2 is 0.495 bits per heavy atom. The van der Waals surface area contributed by atoms with Crippen molar-refractivity contribution in [2.75, 3.05) is 42.7 Å². The molecule has 0 saturated heterocycles. The first kappa shape index (κ1) is 86.6. The molecule has 105 heavy (non-hydrogen) atoms. The van der Waals surface area contributed by atoms with Crippen LogP contribution in [-0.2, 0) is 160 Å². The number of benzene rings is 4. The van der Waals surface area contributed by atoms with Gasteiger partial charge in [-0.25, -0.2) is 47.9 Å². The van der Waals surface area contributed by atoms with Gasteiger partial charge in [0.1, 0.15) is 65.3 Å². The summed E-state index contributed by atoms with van der Waals surface area (Å²) in [6, 6.07) is 14.6. The van der Waals surface area contributed by atoms with Crippen molar-refractivity contribution in [3.63, 3.8) is 0 Å². The van der Waals surface area contributed by atoms with Gasteiger partial charge in [-0.3, -0.25) is 14.4 Å². The van der Waals surface area contributed by atoms with Crippen LogP contribution in [-0.4, -0.2) is 179 Å². The smallest absolute Gasteiger partial charge is 0.408 e. The minimum Gasteiger partial charge on any atom is -0.467 e. The largest absolute Gasteiger partial charge is 0.467 e. The van der Waals surface area contributed by atoms with E-state index in [2.05, 4.69) is 31.9 Å². The lowest BCUT2D eigenvalue weighted by molar-refractivity contribution is -0.145. The number of methoxy groups -OCH3 is 6. The second kappa shape index (κ2) is 39.7. The third-order valence-corrected chi connectivity index (χ3v) is 14.6. The third kappa shape index (κ3) is 32.6. The molecule has 6 amide bonds. The molecule has 6 atom stereocenters. The molecule has 574 valence electrons. The van der Waals surface area contributed by atoms with Gasteiger partial charge in [-0.1, -0.05) is 84.9 Å². The normalized spacial score (nSPS) is 13.1. The number of hydrogen-bond donors (Lipinski definition) is 6. The lowest BCUT2D eigenvalue weighted by Crippen LogP contribution is -2.45. The lowest BCUT2D eigenvalue weighted by atomic mass is 9.94. The van der Waals surface area contributed by atoms with E-state index in [-0.39, 0.29) is 62.7 Å². The highest BCUT2D eigenvalue weighted by molar-refractivity contribution is 5.88. The highest BCUT2D eigenvalue weighted by Crippen LogP contribution is 2.23. The Labute approximate surface area is 611 Å². The van der Waals surface area contributed by atoms with Crippen molar-refractivity contribution in [2.24, 2.45) is 0 Å². The molecule has 4 rings (SSSR count). The quantitative estimate of drug-likeness (QED) is 0.0231. The molecule has 0 fully saturated rings. The first-order valence-corrected chi connectivity index (χ1v) is 33.6. The number of rotatable bonds is 32. The summed E-state index contributed by atoms with van der Waals surface area (Å²) in [5.74, 6) is -7.44. The lowest BCUT2D eigenvalue weighted by Gasteiger charge is -2.24. The van der Waals surface area contributed by atoms with Gasteiger partial charge >= 0.3 is 66.2 Å². The third-order valence-electron chi connectivity index (χ3n) is 14.6. The van der Waals surface area contributed by atoms with E-state index in [0.717, 1.165) is 42.7 Å². The van der Waals surface area contributed by atoms with Gasteiger partial charge in [0.2, 0.25) is 11.8 Å². The molecule has 30 nitrogen and oxygen atoms in total. The van der Waals surface area contributed by atoms with Crippen molar-refractivity contribution in [1.29, 1.82) is 0 Å². The highest BCUT2D eigenvalue weighted by Gasteiger charge is 2.33. The first-order valence-electron chi connectivity index (χ1n) is 33.6. The summed E-state index contributed by atoms with van der Waals surface area (Å²) in [6.07, 6.45) is -6.65. The van der Waals surface area contributed by atoms with Crippen LogP contribution in [0.1, 0.15) is 139 Å². The van der Waals surface area contributed by atoms with Crippen LogP contribution in [0.5, 0.6) is 0 Å². The van der Waals surface area contributed by atoms with Gasteiger partial charge in [-0.2, -0.15) is 0 Å². The molecule has 0 radical (unpaired) electrons. The summed E-state index contributed by atoms with van der Waals surface area (Å²) in [7, 11) is 6.67. The Balaban J connectivity index is 1.80. The molecule has 6 N–H and O–H groups in total. The maximum Gasteiger partial charge on any atom is 0.408 e. The van der Waals surface area contributed by atoms with Gasteiger partial charge in [0.05, 0.1) is 61.9 Å². The second-order valence-corrected chi connectivity index (χ2v) is 28.5. The fraction of sp³-hybridized carbons (Fsp3) is 0.507. The molecule has 4 aromatic carbocycles. The number of nitrogens with one attached hydrogen (secondary N) is 6. The molecule has 0 aliphatic heterocycles. The summed E-state index contributed by atoms with van der Waals surface area (Å²) >= 11 is 0. The molecule has 0 bridgehead atoms. The number of amides is 6. The topological polar surface area (TPSA) is 396 Å². The molecule has 0 saturated carbocycles. The highest BCUT2D eigenvalue weighted by atomic mass is 16.6. The Hall–Kier alpha value is -10.8. The minimum atomic E-state index is -1.45. The number of alkyl carbamates (subject to hydrolysis) is 4. The van der Waals surface area contributed by atoms with Crippen LogP contribution < -0.4 is 31.9 Å². The summed E-state index contributed by atoms with van der Waals surface area (Å²) in [5.41, 5.74) is -0.353. The number of esters is 7. The van der Waals surface area contributed by atoms with Gasteiger partial charge < -0.3 is 84.0 Å². The van der Waals surface area contributed by atoms with Gasteiger partial charge in [0, 0.05) is 38.5 Å². The van der Waals surface area contributed by atoms with Crippen molar-refractivity contribution >= 4 is 78.0 Å². The molecule has 0 heterocycles. The molecular weight excluding hydrogens is 1370 g/mol. The van der Waals surface area contributed by atoms with E-state index in [0.29, 0.717) is 44.5 Å². The summed E-state index contributed by atoms with van der Waals surface area (Å²) < 4.78 is 57.8. The fourth-order valence-electron chi connectivity index (χ4n) is 10.6. The van der Waals surface area contributed by atoms with Crippen molar-refractivity contribution in [3.8, 4) is 0 Å². The van der Waals surface area contributed by atoms with Crippen LogP contribution in [0.2, 0.25) is 0 Å². The number of ether oxygens (including phenoxy) is 11. The molecule has 4 aromatic rings. The molecule has 0 unspecified atom stereocenters. The van der Waals surface area contributed by atoms with Crippen LogP contribution in [0.25, 0.3) is 0 Å². The Morgan fingerprint density at radius 3 is 0.714 bits per heavy atom. The summed E-state index contributed by atoms with van der Waals surface area (Å²) in [6.45, 7) is 19.4. The minimum absolute atomic E-state index is 0.0821. The second-order valence-electron chi connectivity index (χ2n) is 28.5. The van der Waals surface area contributed by atoms with Crippen molar-refractivity contribution in [3.05, 3.63) is 141 Å². The first-order chi connectivity index (χ1) is 49.0. The average Bonchev–Trinajstić information content (AvgIpc) is 0.838. The van der Waals surface area contributed by atoms with Gasteiger partial charge in [0.25, 0.3) is 0 Å². The van der Waals surface area contributed by atoms with Crippen molar-refractivity contribution in [1.82, 2.24) is 31.9 Å². The summed E-state index contributed by atoms with van der Waals surface area (Å²) in [5, 5.41) is 15.5. The van der Waals surface area contributed by atoms with E-state index in [4.69, 9.17) is 52.1 Å². The maximum absolute atomic E-state index is 14.4. The van der Waals surface area contributed by atoms with E-state index in [1.807, 2.05) is 0 Å². The molecule has 30 heteroatoms. The standard InChI is InChI=1S/C75H100N6O24/c1-72(2,3)102-68(91)78-55(64(87)97-15)35-44-24-45(36-56(65(88)98-16)79-69(92)103-73(4,5)6)28-50(27-44)39-59(82)76-53(62(85)95-13)33-48-26-49(32-52(31-48)41-61(84)101-42-43-22-20-19-21-23-43)34-54(63(86)96-14)77-60(83)40-51-29-46(37-57(66(89)99-17)80-70(93)104-74(7,8)9)25-47(30-51)38-58(67(90)100-18)81-71(94)105-75(10,11)12/h19-32,53-58H,33-42H2,1-18H3,(H,76,82)(H,77,83)(H,78,91)(H,79,92)(H,80,93)(H,81,94)/t53-,54-,55-,56-,57-,58-/m0/s1. The zero-order chi connectivity index (χ0) is 78.7. The monoisotopic (exact) mass is 1470 g/mol. The van der Waals surface area contributed by atoms with E-state index < -0.39 is 149 Å². The predicted molar refractivity (Wildman–Crippen MR) is 377 cm³/mol.